The normalized spacial score (nSPS) is 15.8. The number of benzene rings is 3. The molecule has 0 radical (unpaired) electrons. The molecule has 1 aliphatic heterocycles. The molecule has 0 aromatic heterocycles. The number of ketones is 1. The number of Topliss-reactive ketones (excluding diaryl/α,β-unsaturated/α-hetero) is 1. The van der Waals surface area contributed by atoms with Crippen LogP contribution < -0.4 is 9.47 Å². The summed E-state index contributed by atoms with van der Waals surface area (Å²) in [5.74, 6) is 2.29. The lowest BCUT2D eigenvalue weighted by molar-refractivity contribution is -0.120. The van der Waals surface area contributed by atoms with E-state index in [1.54, 1.807) is 0 Å². The van der Waals surface area contributed by atoms with E-state index in [4.69, 9.17) is 9.47 Å². The Morgan fingerprint density at radius 1 is 0.875 bits per heavy atom. The van der Waals surface area contributed by atoms with Gasteiger partial charge in [0.15, 0.2) is 11.5 Å². The Morgan fingerprint density at radius 2 is 1.56 bits per heavy atom. The van der Waals surface area contributed by atoms with Crippen molar-refractivity contribution in [1.82, 2.24) is 0 Å². The fourth-order valence-electron chi connectivity index (χ4n) is 4.76. The smallest absolute Gasteiger partial charge is 0.231 e. The fraction of sp³-hybridized carbons (Fsp3) is 0.345. The molecule has 0 unspecified atom stereocenters. The average Bonchev–Trinajstić information content (AvgIpc) is 3.46. The van der Waals surface area contributed by atoms with Crippen molar-refractivity contribution in [3.8, 4) is 22.6 Å². The zero-order valence-corrected chi connectivity index (χ0v) is 19.3. The van der Waals surface area contributed by atoms with Gasteiger partial charge in [0, 0.05) is 6.42 Å². The topological polar surface area (TPSA) is 35.5 Å². The monoisotopic (exact) mass is 426 g/mol. The van der Waals surface area contributed by atoms with Crippen LogP contribution in [0.4, 0.5) is 0 Å². The number of ether oxygens (including phenoxy) is 2. The van der Waals surface area contributed by atoms with E-state index in [-0.39, 0.29) is 12.2 Å². The number of fused-ring (bicyclic) bond motifs is 1. The van der Waals surface area contributed by atoms with Gasteiger partial charge in [-0.2, -0.15) is 0 Å². The van der Waals surface area contributed by atoms with E-state index < -0.39 is 0 Å². The van der Waals surface area contributed by atoms with Crippen molar-refractivity contribution in [3.05, 3.63) is 82.4 Å². The van der Waals surface area contributed by atoms with Crippen LogP contribution in [0.2, 0.25) is 0 Å². The molecule has 0 atom stereocenters. The Labute approximate surface area is 190 Å². The minimum atomic E-state index is -0.375. The molecule has 0 bridgehead atoms. The van der Waals surface area contributed by atoms with Gasteiger partial charge < -0.3 is 9.47 Å². The Balaban J connectivity index is 1.43. The first-order valence-electron chi connectivity index (χ1n) is 11.5. The number of hydrogen-bond donors (Lipinski definition) is 0. The van der Waals surface area contributed by atoms with E-state index in [0.717, 1.165) is 35.5 Å². The minimum Gasteiger partial charge on any atom is -0.454 e. The van der Waals surface area contributed by atoms with Crippen molar-refractivity contribution < 1.29 is 14.3 Å². The standard InChI is InChI=1S/C29H30O3/c1-18(2)22-8-6-20(4)25(15-22)24-13-21(7-5-19(24)3)14-28(30)29(11-12-29)23-9-10-26-27(16-23)32-17-31-26/h5-10,13,15-16,18H,11-12,14,17H2,1-4H3. The summed E-state index contributed by atoms with van der Waals surface area (Å²) in [5, 5.41) is 0. The molecule has 3 heteroatoms. The number of aryl methyl sites for hydroxylation is 2. The lowest BCUT2D eigenvalue weighted by Gasteiger charge is -2.17. The van der Waals surface area contributed by atoms with E-state index in [0.29, 0.717) is 18.1 Å². The number of hydrogen-bond acceptors (Lipinski definition) is 3. The molecular weight excluding hydrogens is 396 g/mol. The highest BCUT2D eigenvalue weighted by Crippen LogP contribution is 2.51. The van der Waals surface area contributed by atoms with Gasteiger partial charge in [0.05, 0.1) is 5.41 Å². The molecule has 1 fully saturated rings. The summed E-state index contributed by atoms with van der Waals surface area (Å²) in [6.07, 6.45) is 2.25. The molecule has 32 heavy (non-hydrogen) atoms. The highest BCUT2D eigenvalue weighted by atomic mass is 16.7. The Bertz CT molecular complexity index is 1200. The van der Waals surface area contributed by atoms with Crippen molar-refractivity contribution in [1.29, 1.82) is 0 Å². The Kier molecular flexibility index (Phi) is 5.08. The van der Waals surface area contributed by atoms with E-state index in [9.17, 15) is 4.79 Å². The second-order valence-electron chi connectivity index (χ2n) is 9.63. The third kappa shape index (κ3) is 3.60. The van der Waals surface area contributed by atoms with Crippen LogP contribution in [-0.2, 0) is 16.6 Å². The van der Waals surface area contributed by atoms with Gasteiger partial charge in [-0.3, -0.25) is 4.79 Å². The summed E-state index contributed by atoms with van der Waals surface area (Å²) in [4.78, 5) is 13.5. The molecule has 1 aliphatic carbocycles. The van der Waals surface area contributed by atoms with Crippen LogP contribution in [-0.4, -0.2) is 12.6 Å². The molecule has 1 saturated carbocycles. The summed E-state index contributed by atoms with van der Waals surface area (Å²) in [5.41, 5.74) is 8.09. The van der Waals surface area contributed by atoms with Gasteiger partial charge in [-0.1, -0.05) is 56.3 Å². The first kappa shape index (κ1) is 20.8. The van der Waals surface area contributed by atoms with Crippen molar-refractivity contribution in [2.24, 2.45) is 0 Å². The zero-order valence-electron chi connectivity index (χ0n) is 19.3. The van der Waals surface area contributed by atoms with Crippen LogP contribution in [0.5, 0.6) is 11.5 Å². The molecular formula is C29H30O3. The maximum atomic E-state index is 13.5. The molecule has 0 amide bonds. The molecule has 164 valence electrons. The zero-order chi connectivity index (χ0) is 22.5. The second kappa shape index (κ2) is 7.81. The molecule has 0 saturated heterocycles. The minimum absolute atomic E-state index is 0.253. The van der Waals surface area contributed by atoms with Gasteiger partial charge in [0.2, 0.25) is 6.79 Å². The summed E-state index contributed by atoms with van der Waals surface area (Å²) >= 11 is 0. The molecule has 2 aliphatic rings. The molecule has 3 aromatic rings. The van der Waals surface area contributed by atoms with Gasteiger partial charge in [-0.25, -0.2) is 0 Å². The van der Waals surface area contributed by atoms with Gasteiger partial charge in [-0.05, 0) is 83.7 Å². The molecule has 3 aromatic carbocycles. The quantitative estimate of drug-likeness (QED) is 0.442. The van der Waals surface area contributed by atoms with Gasteiger partial charge in [0.25, 0.3) is 0 Å². The highest BCUT2D eigenvalue weighted by Gasteiger charge is 2.50. The summed E-state index contributed by atoms with van der Waals surface area (Å²) in [7, 11) is 0. The largest absolute Gasteiger partial charge is 0.454 e. The maximum absolute atomic E-state index is 13.5. The fourth-order valence-corrected chi connectivity index (χ4v) is 4.76. The van der Waals surface area contributed by atoms with Crippen LogP contribution in [0.3, 0.4) is 0 Å². The molecule has 0 N–H and O–H groups in total. The number of carbonyl (C=O) groups excluding carboxylic acids is 1. The van der Waals surface area contributed by atoms with Crippen LogP contribution in [0.1, 0.15) is 60.4 Å². The van der Waals surface area contributed by atoms with Gasteiger partial charge in [-0.15, -0.1) is 0 Å². The first-order chi connectivity index (χ1) is 15.4. The first-order valence-corrected chi connectivity index (χ1v) is 11.5. The van der Waals surface area contributed by atoms with Crippen LogP contribution in [0.15, 0.2) is 54.6 Å². The van der Waals surface area contributed by atoms with Crippen LogP contribution in [0, 0.1) is 13.8 Å². The lowest BCUT2D eigenvalue weighted by Crippen LogP contribution is -2.22. The van der Waals surface area contributed by atoms with E-state index in [1.165, 1.54) is 27.8 Å². The lowest BCUT2D eigenvalue weighted by atomic mass is 9.86. The van der Waals surface area contributed by atoms with Gasteiger partial charge >= 0.3 is 0 Å². The van der Waals surface area contributed by atoms with E-state index in [2.05, 4.69) is 64.1 Å². The molecule has 0 spiro atoms. The van der Waals surface area contributed by atoms with Crippen molar-refractivity contribution in [2.45, 2.75) is 58.3 Å². The number of rotatable bonds is 6. The Hall–Kier alpha value is -3.07. The third-order valence-corrected chi connectivity index (χ3v) is 7.09. The third-order valence-electron chi connectivity index (χ3n) is 7.09. The molecule has 3 nitrogen and oxygen atoms in total. The molecule has 5 rings (SSSR count). The molecule has 1 heterocycles. The average molecular weight is 427 g/mol. The van der Waals surface area contributed by atoms with Crippen molar-refractivity contribution >= 4 is 5.78 Å². The maximum Gasteiger partial charge on any atom is 0.231 e. The summed E-state index contributed by atoms with van der Waals surface area (Å²) in [6.45, 7) is 9.01. The number of carbonyl (C=O) groups is 1. The Morgan fingerprint density at radius 3 is 2.28 bits per heavy atom. The van der Waals surface area contributed by atoms with E-state index in [1.807, 2.05) is 18.2 Å². The van der Waals surface area contributed by atoms with Crippen LogP contribution >= 0.6 is 0 Å². The predicted molar refractivity (Wildman–Crippen MR) is 128 cm³/mol. The van der Waals surface area contributed by atoms with E-state index >= 15 is 0 Å². The SMILES string of the molecule is Cc1ccc(CC(=O)C2(c3ccc4c(c3)OCO4)CC2)cc1-c1cc(C(C)C)ccc1C. The van der Waals surface area contributed by atoms with Crippen LogP contribution in [0.25, 0.3) is 11.1 Å². The highest BCUT2D eigenvalue weighted by molar-refractivity contribution is 5.95. The second-order valence-corrected chi connectivity index (χ2v) is 9.63. The summed E-state index contributed by atoms with van der Waals surface area (Å²) in [6, 6.07) is 19.2. The van der Waals surface area contributed by atoms with Crippen molar-refractivity contribution in [2.75, 3.05) is 6.79 Å². The van der Waals surface area contributed by atoms with Gasteiger partial charge in [0.1, 0.15) is 5.78 Å². The summed E-state index contributed by atoms with van der Waals surface area (Å²) < 4.78 is 11.0. The van der Waals surface area contributed by atoms with Crippen molar-refractivity contribution in [3.63, 3.8) is 0 Å². The predicted octanol–water partition coefficient (Wildman–Crippen LogP) is 6.67.